The van der Waals surface area contributed by atoms with E-state index in [9.17, 15) is 35.5 Å². The Morgan fingerprint density at radius 3 is 2.03 bits per heavy atom. The second-order valence-electron chi connectivity index (χ2n) is 8.89. The van der Waals surface area contributed by atoms with E-state index in [1.807, 2.05) is 13.6 Å². The smallest absolute Gasteiger partial charge is 0.307 e. The fourth-order valence-electron chi connectivity index (χ4n) is 4.26. The van der Waals surface area contributed by atoms with Gasteiger partial charge in [0.05, 0.1) is 5.56 Å². The minimum atomic E-state index is -4.47. The molecule has 0 amide bonds. The van der Waals surface area contributed by atoms with Crippen molar-refractivity contribution in [3.63, 3.8) is 0 Å². The lowest BCUT2D eigenvalue weighted by Crippen LogP contribution is -2.27. The summed E-state index contributed by atoms with van der Waals surface area (Å²) >= 11 is 0. The van der Waals surface area contributed by atoms with Crippen molar-refractivity contribution in [2.24, 2.45) is 28.7 Å². The van der Waals surface area contributed by atoms with Crippen LogP contribution in [0, 0.1) is 29.5 Å². The van der Waals surface area contributed by atoms with E-state index < -0.39 is 35.4 Å². The maximum Gasteiger partial charge on any atom is 0.429 e. The van der Waals surface area contributed by atoms with E-state index in [1.54, 1.807) is 6.92 Å². The highest BCUT2D eigenvalue weighted by Crippen LogP contribution is 2.39. The van der Waals surface area contributed by atoms with Gasteiger partial charge in [0.2, 0.25) is 0 Å². The van der Waals surface area contributed by atoms with Crippen LogP contribution >= 0.6 is 0 Å². The van der Waals surface area contributed by atoms with Crippen LogP contribution in [0.2, 0.25) is 0 Å². The molecular weight excluding hydrogens is 507 g/mol. The molecule has 1 aliphatic heterocycles. The third-order valence-corrected chi connectivity index (χ3v) is 6.17. The lowest BCUT2D eigenvalue weighted by atomic mass is 9.71. The van der Waals surface area contributed by atoms with Crippen molar-refractivity contribution in [1.29, 1.82) is 0 Å². The van der Waals surface area contributed by atoms with E-state index in [0.29, 0.717) is 29.9 Å². The van der Waals surface area contributed by atoms with Gasteiger partial charge in [-0.25, -0.2) is 4.39 Å². The first-order valence-corrected chi connectivity index (χ1v) is 11.5. The van der Waals surface area contributed by atoms with Crippen molar-refractivity contribution in [2.75, 3.05) is 0 Å². The van der Waals surface area contributed by atoms with Gasteiger partial charge < -0.3 is 9.59 Å². The van der Waals surface area contributed by atoms with Crippen molar-refractivity contribution >= 4 is 25.1 Å². The van der Waals surface area contributed by atoms with Crippen LogP contribution in [0.4, 0.5) is 30.7 Å². The first-order valence-electron chi connectivity index (χ1n) is 11.5. The predicted octanol–water partition coefficient (Wildman–Crippen LogP) is 7.45. The standard InChI is InChI=1S/C14H16F4.C10H12F3NO.2CH2O.H2/c1-2-9-3-10(4-9)5-11-6-12(14(16,17)18)8-13(15)7-11;1-6-5-9(10(11,12)13)14-4-3-8(6)7(2)15;2*1-2;/h6-10H,2-5H2,1H3;3-4,6,8H,5H2,1-2H3;2*1H2;1H. The average molecular weight is 542 g/mol. The molecule has 4 nitrogen and oxygen atoms in total. The second-order valence-corrected chi connectivity index (χ2v) is 8.89. The summed E-state index contributed by atoms with van der Waals surface area (Å²) in [5.41, 5.74) is -1.24. The van der Waals surface area contributed by atoms with Gasteiger partial charge in [0.25, 0.3) is 0 Å². The summed E-state index contributed by atoms with van der Waals surface area (Å²) < 4.78 is 87.9. The zero-order chi connectivity index (χ0) is 29.0. The van der Waals surface area contributed by atoms with Crippen LogP contribution in [-0.2, 0) is 27.0 Å². The normalized spacial score (nSPS) is 22.8. The lowest BCUT2D eigenvalue weighted by Gasteiger charge is -2.35. The van der Waals surface area contributed by atoms with Crippen LogP contribution in [0.3, 0.4) is 0 Å². The number of carbonyl (C=O) groups is 3. The van der Waals surface area contributed by atoms with Gasteiger partial charge in [0, 0.05) is 13.5 Å². The summed E-state index contributed by atoms with van der Waals surface area (Å²) in [6.45, 7) is 9.12. The molecule has 37 heavy (non-hydrogen) atoms. The Balaban J connectivity index is 0. The van der Waals surface area contributed by atoms with Gasteiger partial charge in [-0.2, -0.15) is 26.3 Å². The van der Waals surface area contributed by atoms with Gasteiger partial charge in [-0.1, -0.05) is 26.3 Å². The zero-order valence-electron chi connectivity index (χ0n) is 21.0. The number of rotatable bonds is 4. The van der Waals surface area contributed by atoms with Gasteiger partial charge in [-0.05, 0) is 74.1 Å². The largest absolute Gasteiger partial charge is 0.429 e. The van der Waals surface area contributed by atoms with Gasteiger partial charge in [-0.3, -0.25) is 9.79 Å². The Hall–Kier alpha value is -2.85. The van der Waals surface area contributed by atoms with Crippen molar-refractivity contribution in [3.05, 3.63) is 47.4 Å². The zero-order valence-corrected chi connectivity index (χ0v) is 21.0. The molecule has 0 spiro atoms. The number of Topliss-reactive ketones (excluding diaryl/α,β-unsaturated/α-hetero) is 1. The minimum Gasteiger partial charge on any atom is -0.307 e. The van der Waals surface area contributed by atoms with Gasteiger partial charge in [0.1, 0.15) is 30.9 Å². The van der Waals surface area contributed by atoms with Gasteiger partial charge >= 0.3 is 12.4 Å². The molecule has 1 fully saturated rings. The molecule has 2 unspecified atom stereocenters. The maximum atomic E-state index is 13.2. The molecule has 1 saturated carbocycles. The average Bonchev–Trinajstić information content (AvgIpc) is 3.00. The molecular formula is C26H34F7NO3. The number of aliphatic imine (C=N–C) groups is 1. The van der Waals surface area contributed by atoms with Gasteiger partial charge in [0.15, 0.2) is 0 Å². The Morgan fingerprint density at radius 2 is 1.57 bits per heavy atom. The Kier molecular flexibility index (Phi) is 14.2. The van der Waals surface area contributed by atoms with Crippen molar-refractivity contribution in [1.82, 2.24) is 0 Å². The molecule has 1 heterocycles. The van der Waals surface area contributed by atoms with Crippen molar-refractivity contribution in [3.8, 4) is 0 Å². The van der Waals surface area contributed by atoms with Crippen LogP contribution < -0.4 is 0 Å². The molecule has 1 aromatic rings. The molecule has 0 bridgehead atoms. The predicted molar refractivity (Wildman–Crippen MR) is 129 cm³/mol. The number of allylic oxidation sites excluding steroid dienone is 1. The highest BCUT2D eigenvalue weighted by atomic mass is 19.4. The molecule has 11 heteroatoms. The fourth-order valence-corrected chi connectivity index (χ4v) is 4.26. The summed E-state index contributed by atoms with van der Waals surface area (Å²) in [5.74, 6) is -0.637. The summed E-state index contributed by atoms with van der Waals surface area (Å²) in [6.07, 6.45) is -2.79. The molecule has 1 aromatic carbocycles. The van der Waals surface area contributed by atoms with Crippen LogP contribution in [0.5, 0.6) is 0 Å². The third-order valence-electron chi connectivity index (χ3n) is 6.17. The molecule has 3 rings (SSSR count). The van der Waals surface area contributed by atoms with Crippen LogP contribution in [0.15, 0.2) is 35.5 Å². The molecule has 0 N–H and O–H groups in total. The Labute approximate surface area is 213 Å². The van der Waals surface area contributed by atoms with Crippen LogP contribution in [0.1, 0.15) is 59.0 Å². The number of carbonyl (C=O) groups excluding carboxylic acids is 3. The van der Waals surface area contributed by atoms with E-state index >= 15 is 0 Å². The summed E-state index contributed by atoms with van der Waals surface area (Å²) in [4.78, 5) is 30.5. The number of hydrogen-bond acceptors (Lipinski definition) is 4. The highest BCUT2D eigenvalue weighted by Gasteiger charge is 2.38. The Bertz CT molecular complexity index is 924. The summed E-state index contributed by atoms with van der Waals surface area (Å²) in [5, 5.41) is 0. The van der Waals surface area contributed by atoms with E-state index in [1.165, 1.54) is 19.1 Å². The first kappa shape index (κ1) is 34.1. The number of nitrogens with zero attached hydrogens (tertiary/aromatic N) is 1. The Morgan fingerprint density at radius 1 is 1.00 bits per heavy atom. The molecule has 2 aliphatic rings. The van der Waals surface area contributed by atoms with Gasteiger partial charge in [-0.15, -0.1) is 0 Å². The quantitative estimate of drug-likeness (QED) is 0.372. The molecule has 210 valence electrons. The minimum absolute atomic E-state index is 0. The topological polar surface area (TPSA) is 63.6 Å². The summed E-state index contributed by atoms with van der Waals surface area (Å²) in [7, 11) is 0. The van der Waals surface area contributed by atoms with E-state index in [0.717, 1.165) is 31.5 Å². The van der Waals surface area contributed by atoms with Crippen molar-refractivity contribution < 1.29 is 46.5 Å². The number of benzene rings is 1. The molecule has 0 saturated heterocycles. The lowest BCUT2D eigenvalue weighted by molar-refractivity contribution is -0.137. The number of hydrogen-bond donors (Lipinski definition) is 0. The number of halogens is 7. The van der Waals surface area contributed by atoms with E-state index in [2.05, 4.69) is 11.9 Å². The SMILES string of the molecule is C=O.C=O.CC(=O)C1C=CN=C(C(F)(F)F)CC1C.CCC1CC(Cc2cc(F)cc(C(F)(F)F)c2)C1.[HH]. The number of ketones is 1. The van der Waals surface area contributed by atoms with E-state index in [4.69, 9.17) is 9.59 Å². The van der Waals surface area contributed by atoms with Crippen LogP contribution in [0.25, 0.3) is 0 Å². The highest BCUT2D eigenvalue weighted by molar-refractivity contribution is 5.91. The maximum absolute atomic E-state index is 13.2. The summed E-state index contributed by atoms with van der Waals surface area (Å²) in [6, 6.07) is 2.84. The third kappa shape index (κ3) is 11.4. The second kappa shape index (κ2) is 15.4. The van der Waals surface area contributed by atoms with Crippen LogP contribution in [-0.4, -0.2) is 31.2 Å². The number of alkyl halides is 6. The first-order chi connectivity index (χ1) is 17.2. The van der Waals surface area contributed by atoms with E-state index in [-0.39, 0.29) is 19.5 Å². The van der Waals surface area contributed by atoms with Crippen molar-refractivity contribution in [2.45, 2.75) is 65.2 Å². The molecule has 0 aromatic heterocycles. The molecule has 2 atom stereocenters. The molecule has 0 radical (unpaired) electrons. The fraction of sp³-hybridized carbons (Fsp3) is 0.538. The monoisotopic (exact) mass is 541 g/mol. The molecule has 1 aliphatic carbocycles.